The zero-order chi connectivity index (χ0) is 18.2. The molecule has 0 bridgehead atoms. The lowest BCUT2D eigenvalue weighted by Gasteiger charge is -2.20. The van der Waals surface area contributed by atoms with Crippen LogP contribution in [0.25, 0.3) is 0 Å². The quantitative estimate of drug-likeness (QED) is 0.885. The van der Waals surface area contributed by atoms with Crippen LogP contribution in [0.3, 0.4) is 0 Å². The molecule has 1 aromatic carbocycles. The number of likely N-dealkylation sites (tertiary alicyclic amines) is 1. The average molecular weight is 362 g/mol. The number of aryl methyl sites for hydroxylation is 1. The van der Waals surface area contributed by atoms with Gasteiger partial charge in [0, 0.05) is 29.4 Å². The van der Waals surface area contributed by atoms with Gasteiger partial charge in [0.1, 0.15) is 0 Å². The van der Waals surface area contributed by atoms with Crippen LogP contribution < -0.4 is 0 Å². The predicted molar refractivity (Wildman–Crippen MR) is 97.9 cm³/mol. The van der Waals surface area contributed by atoms with E-state index in [1.807, 2.05) is 42.8 Å². The number of rotatable bonds is 5. The molecule has 5 nitrogen and oxygen atoms in total. The summed E-state index contributed by atoms with van der Waals surface area (Å²) >= 11 is 5.95. The molecule has 1 aliphatic rings. The molecule has 1 atom stereocenters. The predicted octanol–water partition coefficient (Wildman–Crippen LogP) is 3.50. The van der Waals surface area contributed by atoms with Gasteiger partial charge in [0.05, 0.1) is 17.7 Å². The zero-order valence-corrected chi connectivity index (χ0v) is 15.7. The summed E-state index contributed by atoms with van der Waals surface area (Å²) in [4.78, 5) is 13.7. The highest BCUT2D eigenvalue weighted by atomic mass is 35.5. The minimum Gasteiger partial charge on any atom is -0.481 e. The largest absolute Gasteiger partial charge is 0.481 e. The molecule has 2 heterocycles. The van der Waals surface area contributed by atoms with Crippen LogP contribution in [0.2, 0.25) is 5.02 Å². The van der Waals surface area contributed by atoms with E-state index in [0.717, 1.165) is 35.1 Å². The number of benzene rings is 1. The summed E-state index contributed by atoms with van der Waals surface area (Å²) in [6, 6.07) is 7.80. The normalized spacial score (nSPS) is 21.0. The number of halogens is 1. The van der Waals surface area contributed by atoms with E-state index in [1.54, 1.807) is 0 Å². The van der Waals surface area contributed by atoms with Crippen molar-refractivity contribution in [1.82, 2.24) is 14.7 Å². The number of carboxylic acids is 1. The van der Waals surface area contributed by atoms with E-state index in [1.165, 1.54) is 5.56 Å². The average Bonchev–Trinajstić information content (AvgIpc) is 3.06. The van der Waals surface area contributed by atoms with Crippen molar-refractivity contribution in [2.45, 2.75) is 40.3 Å². The van der Waals surface area contributed by atoms with Gasteiger partial charge in [0.15, 0.2) is 0 Å². The molecule has 1 saturated heterocycles. The first-order chi connectivity index (χ1) is 11.8. The van der Waals surface area contributed by atoms with Gasteiger partial charge in [0.25, 0.3) is 0 Å². The molecule has 1 aliphatic heterocycles. The number of hydrogen-bond acceptors (Lipinski definition) is 3. The van der Waals surface area contributed by atoms with E-state index in [2.05, 4.69) is 16.9 Å². The van der Waals surface area contributed by atoms with Crippen molar-refractivity contribution < 1.29 is 9.90 Å². The molecule has 134 valence electrons. The van der Waals surface area contributed by atoms with Crippen molar-refractivity contribution in [3.63, 3.8) is 0 Å². The molecule has 0 aliphatic carbocycles. The number of carbonyl (C=O) groups is 1. The van der Waals surface area contributed by atoms with Gasteiger partial charge in [-0.15, -0.1) is 0 Å². The molecule has 25 heavy (non-hydrogen) atoms. The second kappa shape index (κ2) is 6.81. The summed E-state index contributed by atoms with van der Waals surface area (Å²) in [5.41, 5.74) is 3.86. The van der Waals surface area contributed by atoms with Crippen LogP contribution >= 0.6 is 11.6 Å². The Kier molecular flexibility index (Phi) is 4.89. The van der Waals surface area contributed by atoms with E-state index < -0.39 is 11.4 Å². The number of aromatic nitrogens is 2. The molecule has 0 amide bonds. The zero-order valence-electron chi connectivity index (χ0n) is 14.9. The van der Waals surface area contributed by atoms with Crippen molar-refractivity contribution in [1.29, 1.82) is 0 Å². The lowest BCUT2D eigenvalue weighted by molar-refractivity contribution is -0.147. The Balaban J connectivity index is 1.74. The molecule has 1 N–H and O–H groups in total. The van der Waals surface area contributed by atoms with Gasteiger partial charge in [-0.2, -0.15) is 5.10 Å². The lowest BCUT2D eigenvalue weighted by Crippen LogP contribution is -2.31. The van der Waals surface area contributed by atoms with Crippen LogP contribution in [0.1, 0.15) is 35.9 Å². The van der Waals surface area contributed by atoms with Gasteiger partial charge in [-0.1, -0.05) is 23.7 Å². The Morgan fingerprint density at radius 1 is 1.28 bits per heavy atom. The summed E-state index contributed by atoms with van der Waals surface area (Å²) in [5.74, 6) is -0.707. The Hall–Kier alpha value is -1.85. The summed E-state index contributed by atoms with van der Waals surface area (Å²) in [6.07, 6.45) is 0.694. The first kappa shape index (κ1) is 18.0. The van der Waals surface area contributed by atoms with Gasteiger partial charge in [-0.25, -0.2) is 0 Å². The molecule has 0 radical (unpaired) electrons. The first-order valence-electron chi connectivity index (χ1n) is 8.51. The maximum Gasteiger partial charge on any atom is 0.310 e. The van der Waals surface area contributed by atoms with Crippen LogP contribution in [-0.2, 0) is 17.9 Å². The molecule has 0 saturated carbocycles. The van der Waals surface area contributed by atoms with Crippen molar-refractivity contribution in [3.05, 3.63) is 51.8 Å². The van der Waals surface area contributed by atoms with Gasteiger partial charge in [-0.05, 0) is 51.4 Å². The Labute approximate surface area is 153 Å². The van der Waals surface area contributed by atoms with Gasteiger partial charge < -0.3 is 5.11 Å². The topological polar surface area (TPSA) is 58.4 Å². The molecule has 0 spiro atoms. The minimum absolute atomic E-state index is 0.587. The highest BCUT2D eigenvalue weighted by Crippen LogP contribution is 2.31. The maximum atomic E-state index is 11.4. The number of hydrogen-bond donors (Lipinski definition) is 1. The molecule has 1 aromatic heterocycles. The third kappa shape index (κ3) is 3.72. The van der Waals surface area contributed by atoms with Crippen LogP contribution in [0.4, 0.5) is 0 Å². The Bertz CT molecular complexity index is 785. The summed E-state index contributed by atoms with van der Waals surface area (Å²) < 4.78 is 2.01. The summed E-state index contributed by atoms with van der Waals surface area (Å²) in [7, 11) is 0. The monoisotopic (exact) mass is 361 g/mol. The first-order valence-corrected chi connectivity index (χ1v) is 8.89. The molecule has 1 unspecified atom stereocenters. The summed E-state index contributed by atoms with van der Waals surface area (Å²) in [6.45, 7) is 8.79. The van der Waals surface area contributed by atoms with Crippen LogP contribution in [-0.4, -0.2) is 38.8 Å². The van der Waals surface area contributed by atoms with Crippen LogP contribution in [0, 0.1) is 19.3 Å². The van der Waals surface area contributed by atoms with E-state index in [9.17, 15) is 9.90 Å². The fourth-order valence-corrected chi connectivity index (χ4v) is 3.60. The van der Waals surface area contributed by atoms with E-state index >= 15 is 0 Å². The SMILES string of the molecule is Cc1nn(Cc2ccc(Cl)cc2)c(C)c1CN1CCC(C)(C(=O)O)C1. The van der Waals surface area contributed by atoms with Gasteiger partial charge in [-0.3, -0.25) is 14.4 Å². The fraction of sp³-hybridized carbons (Fsp3) is 0.474. The maximum absolute atomic E-state index is 11.4. The van der Waals surface area contributed by atoms with Crippen LogP contribution in [0.15, 0.2) is 24.3 Å². The van der Waals surface area contributed by atoms with Crippen molar-refractivity contribution in [3.8, 4) is 0 Å². The number of nitrogens with zero attached hydrogens (tertiary/aromatic N) is 3. The third-order valence-corrected chi connectivity index (χ3v) is 5.48. The molecule has 6 heteroatoms. The molecule has 2 aromatic rings. The molecular formula is C19H24ClN3O2. The standard InChI is InChI=1S/C19H24ClN3O2/c1-13-17(11-22-9-8-19(3,12-22)18(24)25)14(2)23(21-13)10-15-4-6-16(20)7-5-15/h4-7H,8-12H2,1-3H3,(H,24,25). The molecule has 1 fully saturated rings. The lowest BCUT2D eigenvalue weighted by atomic mass is 9.90. The van der Waals surface area contributed by atoms with E-state index in [-0.39, 0.29) is 0 Å². The van der Waals surface area contributed by atoms with Crippen LogP contribution in [0.5, 0.6) is 0 Å². The highest BCUT2D eigenvalue weighted by molar-refractivity contribution is 6.30. The van der Waals surface area contributed by atoms with Crippen molar-refractivity contribution in [2.24, 2.45) is 5.41 Å². The fourth-order valence-electron chi connectivity index (χ4n) is 3.47. The minimum atomic E-state index is -0.707. The molecular weight excluding hydrogens is 338 g/mol. The molecule has 3 rings (SSSR count). The Morgan fingerprint density at radius 2 is 1.96 bits per heavy atom. The summed E-state index contributed by atoms with van der Waals surface area (Å²) in [5, 5.41) is 14.8. The smallest absolute Gasteiger partial charge is 0.310 e. The third-order valence-electron chi connectivity index (χ3n) is 5.23. The Morgan fingerprint density at radius 3 is 2.56 bits per heavy atom. The second-order valence-electron chi connectivity index (χ2n) is 7.26. The van der Waals surface area contributed by atoms with Gasteiger partial charge in [0.2, 0.25) is 0 Å². The van der Waals surface area contributed by atoms with E-state index in [4.69, 9.17) is 11.6 Å². The second-order valence-corrected chi connectivity index (χ2v) is 7.70. The number of aliphatic carboxylic acids is 1. The highest BCUT2D eigenvalue weighted by Gasteiger charge is 2.40. The van der Waals surface area contributed by atoms with Crippen molar-refractivity contribution in [2.75, 3.05) is 13.1 Å². The van der Waals surface area contributed by atoms with Crippen molar-refractivity contribution >= 4 is 17.6 Å². The van der Waals surface area contributed by atoms with Gasteiger partial charge >= 0.3 is 5.97 Å². The van der Waals surface area contributed by atoms with E-state index in [0.29, 0.717) is 19.5 Å². The number of carboxylic acid groups (broad SMARTS) is 1.